The lowest BCUT2D eigenvalue weighted by Gasteiger charge is -2.08. The molecule has 0 aliphatic rings. The Kier molecular flexibility index (Phi) is 5.11. The summed E-state index contributed by atoms with van der Waals surface area (Å²) in [7, 11) is -1.73. The monoisotopic (exact) mass is 309 g/mol. The van der Waals surface area contributed by atoms with Crippen LogP contribution in [0.1, 0.15) is 6.92 Å². The van der Waals surface area contributed by atoms with Crippen LogP contribution in [-0.4, -0.2) is 40.2 Å². The van der Waals surface area contributed by atoms with E-state index >= 15 is 0 Å². The molecule has 0 saturated heterocycles. The van der Waals surface area contributed by atoms with Gasteiger partial charge in [-0.3, -0.25) is 0 Å². The molecular formula is C14H19N3O3S. The first-order chi connectivity index (χ1) is 10.1. The zero-order chi connectivity index (χ0) is 15.3. The van der Waals surface area contributed by atoms with Gasteiger partial charge in [0, 0.05) is 25.6 Å². The van der Waals surface area contributed by atoms with Crippen LogP contribution in [0.5, 0.6) is 0 Å². The first kappa shape index (κ1) is 15.7. The Bertz CT molecular complexity index is 716. The molecule has 0 atom stereocenters. The maximum Gasteiger partial charge on any atom is 0.240 e. The molecule has 0 bridgehead atoms. The number of hydrogen-bond acceptors (Lipinski definition) is 5. The summed E-state index contributed by atoms with van der Waals surface area (Å²) in [5.74, 6) is 0.743. The number of pyridine rings is 1. The van der Waals surface area contributed by atoms with Gasteiger partial charge < -0.3 is 10.1 Å². The third kappa shape index (κ3) is 3.90. The van der Waals surface area contributed by atoms with Crippen LogP contribution in [0.4, 0.5) is 5.82 Å². The largest absolute Gasteiger partial charge is 0.380 e. The van der Waals surface area contributed by atoms with Crippen LogP contribution < -0.4 is 10.0 Å². The van der Waals surface area contributed by atoms with Crippen molar-refractivity contribution in [2.75, 3.05) is 32.1 Å². The third-order valence-electron chi connectivity index (χ3n) is 2.97. The Morgan fingerprint density at radius 2 is 2.05 bits per heavy atom. The quantitative estimate of drug-likeness (QED) is 0.759. The molecule has 1 aromatic carbocycles. The van der Waals surface area contributed by atoms with Gasteiger partial charge in [-0.2, -0.15) is 0 Å². The fourth-order valence-electron chi connectivity index (χ4n) is 1.89. The van der Waals surface area contributed by atoms with E-state index in [4.69, 9.17) is 4.74 Å². The molecule has 0 unspecified atom stereocenters. The summed E-state index contributed by atoms with van der Waals surface area (Å²) in [5, 5.41) is 3.73. The number of aromatic nitrogens is 1. The highest BCUT2D eigenvalue weighted by atomic mass is 32.2. The Labute approximate surface area is 124 Å². The van der Waals surface area contributed by atoms with Crippen molar-refractivity contribution in [2.45, 2.75) is 11.8 Å². The number of nitrogens with one attached hydrogen (secondary N) is 2. The SMILES string of the molecule is CCOCCNS(=O)(=O)c1ccc2nc(NC)ccc2c1. The summed E-state index contributed by atoms with van der Waals surface area (Å²) in [6, 6.07) is 8.52. The lowest BCUT2D eigenvalue weighted by molar-refractivity contribution is 0.153. The van der Waals surface area contributed by atoms with E-state index in [-0.39, 0.29) is 11.4 Å². The summed E-state index contributed by atoms with van der Waals surface area (Å²) in [5.41, 5.74) is 0.745. The molecule has 0 radical (unpaired) electrons. The number of fused-ring (bicyclic) bond motifs is 1. The fraction of sp³-hybridized carbons (Fsp3) is 0.357. The number of benzene rings is 1. The standard InChI is InChI=1S/C14H19N3O3S/c1-3-20-9-8-16-21(18,19)12-5-6-13-11(10-12)4-7-14(15-2)17-13/h4-7,10,16H,3,8-9H2,1-2H3,(H,15,17). The van der Waals surface area contributed by atoms with Crippen molar-refractivity contribution in [1.29, 1.82) is 0 Å². The summed E-state index contributed by atoms with van der Waals surface area (Å²) in [4.78, 5) is 4.58. The Morgan fingerprint density at radius 3 is 2.76 bits per heavy atom. The zero-order valence-electron chi connectivity index (χ0n) is 12.1. The van der Waals surface area contributed by atoms with Crippen molar-refractivity contribution >= 4 is 26.7 Å². The lowest BCUT2D eigenvalue weighted by Crippen LogP contribution is -2.27. The van der Waals surface area contributed by atoms with Crippen LogP contribution >= 0.6 is 0 Å². The van der Waals surface area contributed by atoms with Crippen LogP contribution in [0.3, 0.4) is 0 Å². The van der Waals surface area contributed by atoms with E-state index < -0.39 is 10.0 Å². The molecule has 0 aliphatic heterocycles. The number of nitrogens with zero attached hydrogens (tertiary/aromatic N) is 1. The van der Waals surface area contributed by atoms with Gasteiger partial charge in [0.05, 0.1) is 17.0 Å². The van der Waals surface area contributed by atoms with Gasteiger partial charge in [-0.05, 0) is 37.3 Å². The highest BCUT2D eigenvalue weighted by Crippen LogP contribution is 2.19. The minimum absolute atomic E-state index is 0.227. The summed E-state index contributed by atoms with van der Waals surface area (Å²) in [6.45, 7) is 3.04. The molecule has 2 aromatic rings. The highest BCUT2D eigenvalue weighted by molar-refractivity contribution is 7.89. The topological polar surface area (TPSA) is 80.3 Å². The maximum absolute atomic E-state index is 12.2. The Balaban J connectivity index is 2.21. The normalized spacial score (nSPS) is 11.7. The molecule has 0 amide bonds. The lowest BCUT2D eigenvalue weighted by atomic mass is 10.2. The van der Waals surface area contributed by atoms with E-state index in [2.05, 4.69) is 15.0 Å². The Morgan fingerprint density at radius 1 is 1.24 bits per heavy atom. The van der Waals surface area contributed by atoms with Gasteiger partial charge >= 0.3 is 0 Å². The first-order valence-electron chi connectivity index (χ1n) is 6.73. The minimum atomic E-state index is -3.52. The van der Waals surface area contributed by atoms with Crippen molar-refractivity contribution in [3.8, 4) is 0 Å². The van der Waals surface area contributed by atoms with Crippen LogP contribution in [0.2, 0.25) is 0 Å². The molecule has 7 heteroatoms. The molecule has 0 spiro atoms. The van der Waals surface area contributed by atoms with E-state index in [1.165, 1.54) is 0 Å². The van der Waals surface area contributed by atoms with Crippen molar-refractivity contribution in [3.05, 3.63) is 30.3 Å². The van der Waals surface area contributed by atoms with Crippen LogP contribution in [0, 0.1) is 0 Å². The van der Waals surface area contributed by atoms with Crippen molar-refractivity contribution < 1.29 is 13.2 Å². The van der Waals surface area contributed by atoms with Gasteiger partial charge in [0.2, 0.25) is 10.0 Å². The van der Waals surface area contributed by atoms with Gasteiger partial charge in [-0.15, -0.1) is 0 Å². The van der Waals surface area contributed by atoms with Crippen LogP contribution in [0.25, 0.3) is 10.9 Å². The van der Waals surface area contributed by atoms with Crippen molar-refractivity contribution in [3.63, 3.8) is 0 Å². The Hall–Kier alpha value is -1.70. The summed E-state index contributed by atoms with van der Waals surface area (Å²) in [6.07, 6.45) is 0. The number of rotatable bonds is 7. The maximum atomic E-state index is 12.2. The van der Waals surface area contributed by atoms with E-state index in [9.17, 15) is 8.42 Å². The number of ether oxygens (including phenoxy) is 1. The van der Waals surface area contributed by atoms with E-state index in [1.807, 2.05) is 13.0 Å². The van der Waals surface area contributed by atoms with Gasteiger partial charge in [-0.1, -0.05) is 0 Å². The average molecular weight is 309 g/mol. The summed E-state index contributed by atoms with van der Waals surface area (Å²) >= 11 is 0. The number of sulfonamides is 1. The molecule has 1 heterocycles. The van der Waals surface area contributed by atoms with Crippen molar-refractivity contribution in [1.82, 2.24) is 9.71 Å². The second-order valence-corrected chi connectivity index (χ2v) is 6.16. The zero-order valence-corrected chi connectivity index (χ0v) is 12.9. The third-order valence-corrected chi connectivity index (χ3v) is 4.43. The number of anilines is 1. The molecule has 0 saturated carbocycles. The fourth-order valence-corrected chi connectivity index (χ4v) is 2.93. The highest BCUT2D eigenvalue weighted by Gasteiger charge is 2.14. The molecular weight excluding hydrogens is 290 g/mol. The molecule has 114 valence electrons. The molecule has 6 nitrogen and oxygen atoms in total. The molecule has 0 aliphatic carbocycles. The molecule has 2 rings (SSSR count). The number of hydrogen-bond donors (Lipinski definition) is 2. The predicted molar refractivity (Wildman–Crippen MR) is 83.0 cm³/mol. The molecule has 21 heavy (non-hydrogen) atoms. The van der Waals surface area contributed by atoms with E-state index in [0.29, 0.717) is 13.2 Å². The molecule has 0 fully saturated rings. The summed E-state index contributed by atoms with van der Waals surface area (Å²) < 4.78 is 32.0. The van der Waals surface area contributed by atoms with Gasteiger partial charge in [0.15, 0.2) is 0 Å². The van der Waals surface area contributed by atoms with Crippen molar-refractivity contribution in [2.24, 2.45) is 0 Å². The van der Waals surface area contributed by atoms with Gasteiger partial charge in [0.25, 0.3) is 0 Å². The molecule has 1 aromatic heterocycles. The van der Waals surface area contributed by atoms with Crippen LogP contribution in [-0.2, 0) is 14.8 Å². The second-order valence-electron chi connectivity index (χ2n) is 4.40. The smallest absolute Gasteiger partial charge is 0.240 e. The minimum Gasteiger partial charge on any atom is -0.380 e. The average Bonchev–Trinajstić information content (AvgIpc) is 2.50. The van der Waals surface area contributed by atoms with Gasteiger partial charge in [0.1, 0.15) is 5.82 Å². The van der Waals surface area contributed by atoms with Gasteiger partial charge in [-0.25, -0.2) is 18.1 Å². The van der Waals surface area contributed by atoms with Crippen LogP contribution in [0.15, 0.2) is 35.2 Å². The first-order valence-corrected chi connectivity index (χ1v) is 8.21. The predicted octanol–water partition coefficient (Wildman–Crippen LogP) is 1.59. The molecule has 2 N–H and O–H groups in total. The second kappa shape index (κ2) is 6.84. The van der Waals surface area contributed by atoms with E-state index in [0.717, 1.165) is 16.7 Å². The van der Waals surface area contributed by atoms with E-state index in [1.54, 1.807) is 31.3 Å².